The molecule has 3 aromatic rings. The van der Waals surface area contributed by atoms with E-state index in [9.17, 15) is 4.79 Å². The lowest BCUT2D eigenvalue weighted by atomic mass is 9.93. The zero-order valence-electron chi connectivity index (χ0n) is 17.4. The summed E-state index contributed by atoms with van der Waals surface area (Å²) in [7, 11) is 1.69. The number of rotatable bonds is 3. The number of anilines is 1. The molecular weight excluding hydrogens is 378 g/mol. The monoisotopic (exact) mass is 405 g/mol. The SMILES string of the molecule is COc1ccc2c(c1)C(c1cccc3ccccc13)SCC(=O)N2CC(C)(C)C. The maximum Gasteiger partial charge on any atom is 0.237 e. The normalized spacial score (nSPS) is 17.2. The Hall–Kier alpha value is -2.46. The molecule has 0 fully saturated rings. The fourth-order valence-electron chi connectivity index (χ4n) is 3.96. The van der Waals surface area contributed by atoms with Gasteiger partial charge in [0, 0.05) is 12.2 Å². The quantitative estimate of drug-likeness (QED) is 0.530. The zero-order chi connectivity index (χ0) is 20.6. The molecule has 4 heteroatoms. The molecule has 0 N–H and O–H groups in total. The summed E-state index contributed by atoms with van der Waals surface area (Å²) in [6.45, 7) is 7.20. The highest BCUT2D eigenvalue weighted by atomic mass is 32.2. The van der Waals surface area contributed by atoms with E-state index in [0.29, 0.717) is 12.3 Å². The number of hydrogen-bond donors (Lipinski definition) is 0. The van der Waals surface area contributed by atoms with Gasteiger partial charge in [-0.15, -0.1) is 11.8 Å². The van der Waals surface area contributed by atoms with Crippen LogP contribution in [0.2, 0.25) is 0 Å². The van der Waals surface area contributed by atoms with Gasteiger partial charge in [-0.25, -0.2) is 0 Å². The van der Waals surface area contributed by atoms with Crippen molar-refractivity contribution in [3.63, 3.8) is 0 Å². The lowest BCUT2D eigenvalue weighted by Crippen LogP contribution is -2.38. The minimum absolute atomic E-state index is 0.0107. The number of ether oxygens (including phenoxy) is 1. The lowest BCUT2D eigenvalue weighted by Gasteiger charge is -2.30. The third kappa shape index (κ3) is 3.99. The van der Waals surface area contributed by atoms with E-state index in [1.54, 1.807) is 18.9 Å². The first-order valence-electron chi connectivity index (χ1n) is 9.95. The number of nitrogens with zero attached hydrogens (tertiary/aromatic N) is 1. The Balaban J connectivity index is 1.91. The summed E-state index contributed by atoms with van der Waals surface area (Å²) in [5.41, 5.74) is 3.39. The number of carbonyl (C=O) groups excluding carboxylic acids is 1. The van der Waals surface area contributed by atoms with Crippen LogP contribution >= 0.6 is 11.8 Å². The summed E-state index contributed by atoms with van der Waals surface area (Å²) in [6.07, 6.45) is 0. The molecule has 0 bridgehead atoms. The molecule has 0 aromatic heterocycles. The molecule has 1 unspecified atom stereocenters. The van der Waals surface area contributed by atoms with Gasteiger partial charge in [0.1, 0.15) is 5.75 Å². The van der Waals surface area contributed by atoms with E-state index < -0.39 is 0 Å². The molecule has 4 rings (SSSR count). The van der Waals surface area contributed by atoms with Gasteiger partial charge in [0.15, 0.2) is 0 Å². The van der Waals surface area contributed by atoms with Crippen LogP contribution in [0, 0.1) is 5.41 Å². The topological polar surface area (TPSA) is 29.5 Å². The first-order chi connectivity index (χ1) is 13.9. The Morgan fingerprint density at radius 1 is 1.03 bits per heavy atom. The van der Waals surface area contributed by atoms with Crippen LogP contribution in [0.25, 0.3) is 10.8 Å². The predicted molar refractivity (Wildman–Crippen MR) is 123 cm³/mol. The Kier molecular flexibility index (Phi) is 5.30. The average Bonchev–Trinajstić information content (AvgIpc) is 2.83. The molecule has 1 aliphatic rings. The number of fused-ring (bicyclic) bond motifs is 2. The number of hydrogen-bond acceptors (Lipinski definition) is 3. The van der Waals surface area contributed by atoms with Crippen molar-refractivity contribution in [2.75, 3.05) is 24.3 Å². The van der Waals surface area contributed by atoms with Crippen LogP contribution in [0.5, 0.6) is 5.75 Å². The maximum atomic E-state index is 13.1. The van der Waals surface area contributed by atoms with Gasteiger partial charge in [0.25, 0.3) is 0 Å². The van der Waals surface area contributed by atoms with Crippen LogP contribution in [0.1, 0.15) is 37.1 Å². The van der Waals surface area contributed by atoms with Gasteiger partial charge in [-0.2, -0.15) is 0 Å². The molecule has 150 valence electrons. The Bertz CT molecular complexity index is 1050. The third-order valence-corrected chi connectivity index (χ3v) is 6.48. The second-order valence-electron chi connectivity index (χ2n) is 8.72. The minimum Gasteiger partial charge on any atom is -0.497 e. The number of carbonyl (C=O) groups is 1. The zero-order valence-corrected chi connectivity index (χ0v) is 18.3. The molecule has 0 saturated heterocycles. The molecule has 1 atom stereocenters. The number of amides is 1. The molecule has 0 saturated carbocycles. The molecule has 29 heavy (non-hydrogen) atoms. The van der Waals surface area contributed by atoms with Crippen molar-refractivity contribution < 1.29 is 9.53 Å². The van der Waals surface area contributed by atoms with E-state index in [0.717, 1.165) is 17.0 Å². The summed E-state index contributed by atoms with van der Waals surface area (Å²) in [5, 5.41) is 2.52. The van der Waals surface area contributed by atoms with Crippen LogP contribution < -0.4 is 9.64 Å². The standard InChI is InChI=1S/C25H27NO2S/c1-25(2,3)16-26-22-13-12-18(28-4)14-21(22)24(29-15-23(26)27)20-11-7-9-17-8-5-6-10-19(17)20/h5-14,24H,15-16H2,1-4H3. The highest BCUT2D eigenvalue weighted by Gasteiger charge is 2.32. The van der Waals surface area contributed by atoms with Crippen molar-refractivity contribution >= 4 is 34.1 Å². The summed E-state index contributed by atoms with van der Waals surface area (Å²) in [4.78, 5) is 15.1. The van der Waals surface area contributed by atoms with Crippen LogP contribution in [0.15, 0.2) is 60.7 Å². The molecular formula is C25H27NO2S. The van der Waals surface area contributed by atoms with Gasteiger partial charge in [-0.1, -0.05) is 63.2 Å². The first kappa shape index (κ1) is 19.8. The predicted octanol–water partition coefficient (Wildman–Crippen LogP) is 6.06. The van der Waals surface area contributed by atoms with Crippen molar-refractivity contribution in [1.82, 2.24) is 0 Å². The van der Waals surface area contributed by atoms with E-state index in [4.69, 9.17) is 4.74 Å². The molecule has 0 aliphatic carbocycles. The molecule has 0 spiro atoms. The first-order valence-corrected chi connectivity index (χ1v) is 11.0. The van der Waals surface area contributed by atoms with Crippen LogP contribution in [0.3, 0.4) is 0 Å². The van der Waals surface area contributed by atoms with E-state index >= 15 is 0 Å². The van der Waals surface area contributed by atoms with E-state index in [-0.39, 0.29) is 16.6 Å². The van der Waals surface area contributed by atoms with Gasteiger partial charge in [-0.3, -0.25) is 4.79 Å². The minimum atomic E-state index is 0.0107. The second-order valence-corrected chi connectivity index (χ2v) is 9.82. The molecule has 1 heterocycles. The fourth-order valence-corrected chi connectivity index (χ4v) is 5.17. The van der Waals surface area contributed by atoms with Crippen molar-refractivity contribution in [1.29, 1.82) is 0 Å². The molecule has 0 radical (unpaired) electrons. The largest absolute Gasteiger partial charge is 0.497 e. The summed E-state index contributed by atoms with van der Waals surface area (Å²) >= 11 is 1.70. The van der Waals surface area contributed by atoms with Gasteiger partial charge in [0.2, 0.25) is 5.91 Å². The molecule has 3 nitrogen and oxygen atoms in total. The van der Waals surface area contributed by atoms with Crippen LogP contribution in [0.4, 0.5) is 5.69 Å². The molecule has 3 aromatic carbocycles. The highest BCUT2D eigenvalue weighted by molar-refractivity contribution is 8.00. The van der Waals surface area contributed by atoms with Gasteiger partial charge in [0.05, 0.1) is 18.1 Å². The smallest absolute Gasteiger partial charge is 0.237 e. The third-order valence-electron chi connectivity index (χ3n) is 5.22. The van der Waals surface area contributed by atoms with Crippen molar-refractivity contribution in [3.8, 4) is 5.75 Å². The average molecular weight is 406 g/mol. The number of thioether (sulfide) groups is 1. The second kappa shape index (κ2) is 7.75. The Labute approximate surface area is 177 Å². The van der Waals surface area contributed by atoms with Crippen LogP contribution in [-0.2, 0) is 4.79 Å². The van der Waals surface area contributed by atoms with Gasteiger partial charge < -0.3 is 9.64 Å². The van der Waals surface area contributed by atoms with Gasteiger partial charge >= 0.3 is 0 Å². The van der Waals surface area contributed by atoms with Gasteiger partial charge in [-0.05, 0) is 45.5 Å². The summed E-state index contributed by atoms with van der Waals surface area (Å²) in [5.74, 6) is 1.44. The van der Waals surface area contributed by atoms with E-state index in [2.05, 4.69) is 69.3 Å². The number of benzene rings is 3. The Morgan fingerprint density at radius 2 is 1.79 bits per heavy atom. The summed E-state index contributed by atoms with van der Waals surface area (Å²) < 4.78 is 5.54. The van der Waals surface area contributed by atoms with Crippen LogP contribution in [-0.4, -0.2) is 25.3 Å². The Morgan fingerprint density at radius 3 is 2.55 bits per heavy atom. The molecule has 1 aliphatic heterocycles. The van der Waals surface area contributed by atoms with Crippen molar-refractivity contribution in [3.05, 3.63) is 71.8 Å². The molecule has 1 amide bonds. The number of methoxy groups -OCH3 is 1. The summed E-state index contributed by atoms with van der Waals surface area (Å²) in [6, 6.07) is 21.0. The fraction of sp³-hybridized carbons (Fsp3) is 0.320. The van der Waals surface area contributed by atoms with E-state index in [1.807, 2.05) is 17.0 Å². The van der Waals surface area contributed by atoms with Crippen molar-refractivity contribution in [2.45, 2.75) is 26.0 Å². The van der Waals surface area contributed by atoms with Crippen molar-refractivity contribution in [2.24, 2.45) is 5.41 Å². The maximum absolute atomic E-state index is 13.1. The highest BCUT2D eigenvalue weighted by Crippen LogP contribution is 2.46. The lowest BCUT2D eigenvalue weighted by molar-refractivity contribution is -0.116. The van der Waals surface area contributed by atoms with E-state index in [1.165, 1.54) is 16.3 Å².